The second kappa shape index (κ2) is 10.1. The van der Waals surface area contributed by atoms with E-state index in [9.17, 15) is 9.59 Å². The molecule has 34 heavy (non-hydrogen) atoms. The molecule has 1 aromatic carbocycles. The molecule has 0 spiro atoms. The second-order valence-electron chi connectivity index (χ2n) is 9.04. The van der Waals surface area contributed by atoms with Crippen molar-refractivity contribution >= 4 is 34.9 Å². The third kappa shape index (κ3) is 4.61. The Hall–Kier alpha value is -2.35. The summed E-state index contributed by atoms with van der Waals surface area (Å²) in [6.07, 6.45) is 5.10. The minimum absolute atomic E-state index is 0.0432. The number of esters is 1. The monoisotopic (exact) mass is 495 g/mol. The minimum atomic E-state index is -0.430. The molecule has 3 unspecified atom stereocenters. The molecule has 5 nitrogen and oxygen atoms in total. The fourth-order valence-corrected chi connectivity index (χ4v) is 6.42. The van der Waals surface area contributed by atoms with E-state index in [0.717, 1.165) is 41.1 Å². The van der Waals surface area contributed by atoms with Gasteiger partial charge in [0, 0.05) is 51.6 Å². The molecule has 0 amide bonds. The number of dihydropyridines is 1. The largest absolute Gasteiger partial charge is 0.459 e. The molecule has 2 aliphatic heterocycles. The molecule has 3 heterocycles. The number of allylic oxidation sites excluding steroid dienone is 3. The van der Waals surface area contributed by atoms with E-state index in [1.165, 1.54) is 4.88 Å². The molecule has 5 rings (SSSR count). The molecule has 3 aliphatic rings. The molecule has 1 N–H and O–H groups in total. The highest BCUT2D eigenvalue weighted by Gasteiger charge is 2.41. The summed E-state index contributed by atoms with van der Waals surface area (Å²) in [4.78, 5) is 29.4. The highest BCUT2D eigenvalue weighted by atomic mass is 32.2. The van der Waals surface area contributed by atoms with Gasteiger partial charge in [0.15, 0.2) is 5.78 Å². The molecule has 1 aromatic heterocycles. The maximum Gasteiger partial charge on any atom is 0.336 e. The number of carbonyl (C=O) groups excluding carboxylic acids is 2. The summed E-state index contributed by atoms with van der Waals surface area (Å²) in [5, 5.41) is 5.49. The number of rotatable bonds is 6. The molecule has 178 valence electrons. The standard InChI is InChI=1S/C27H29NO4S2/c1-16-24(27(30)32-15-19-5-3-11-31-19)25(17-7-9-20(33-2)10-8-17)26-21(28-16)13-18(14-22(26)29)23-6-4-12-34-23/h4,6-10,12,18-19,25,28H,3,5,11,13-15H2,1-2H3. The van der Waals surface area contributed by atoms with Crippen LogP contribution in [0, 0.1) is 0 Å². The average Bonchev–Trinajstić information content (AvgIpc) is 3.56. The number of ketones is 1. The number of hydrogen-bond donors (Lipinski definition) is 1. The van der Waals surface area contributed by atoms with Crippen molar-refractivity contribution in [3.63, 3.8) is 0 Å². The predicted molar refractivity (Wildman–Crippen MR) is 135 cm³/mol. The molecular formula is C27H29NO4S2. The van der Waals surface area contributed by atoms with Crippen LogP contribution in [0.4, 0.5) is 0 Å². The Morgan fingerprint density at radius 2 is 2.06 bits per heavy atom. The number of hydrogen-bond acceptors (Lipinski definition) is 7. The summed E-state index contributed by atoms with van der Waals surface area (Å²) in [5.41, 5.74) is 3.87. The molecule has 0 bridgehead atoms. The van der Waals surface area contributed by atoms with Crippen LogP contribution in [0.2, 0.25) is 0 Å². The summed E-state index contributed by atoms with van der Waals surface area (Å²) in [6, 6.07) is 12.3. The lowest BCUT2D eigenvalue weighted by Gasteiger charge is -2.36. The zero-order valence-electron chi connectivity index (χ0n) is 19.5. The Morgan fingerprint density at radius 3 is 2.74 bits per heavy atom. The summed E-state index contributed by atoms with van der Waals surface area (Å²) in [5.74, 6) is -0.540. The maximum absolute atomic E-state index is 13.6. The first-order chi connectivity index (χ1) is 16.5. The van der Waals surface area contributed by atoms with E-state index in [0.29, 0.717) is 24.2 Å². The van der Waals surface area contributed by atoms with Crippen LogP contribution in [0.25, 0.3) is 0 Å². The molecule has 2 aromatic rings. The van der Waals surface area contributed by atoms with Gasteiger partial charge in [-0.3, -0.25) is 4.79 Å². The number of thioether (sulfide) groups is 1. The van der Waals surface area contributed by atoms with Crippen LogP contribution in [0.5, 0.6) is 0 Å². The van der Waals surface area contributed by atoms with Crippen molar-refractivity contribution in [1.82, 2.24) is 5.32 Å². The van der Waals surface area contributed by atoms with E-state index in [2.05, 4.69) is 28.9 Å². The van der Waals surface area contributed by atoms with Crippen LogP contribution in [0.15, 0.2) is 69.2 Å². The lowest BCUT2D eigenvalue weighted by molar-refractivity contribution is -0.142. The summed E-state index contributed by atoms with van der Waals surface area (Å²) in [7, 11) is 0. The van der Waals surface area contributed by atoms with Gasteiger partial charge in [0.1, 0.15) is 6.61 Å². The highest BCUT2D eigenvalue weighted by molar-refractivity contribution is 7.98. The fourth-order valence-electron chi connectivity index (χ4n) is 5.19. The normalized spacial score (nSPS) is 24.8. The highest BCUT2D eigenvalue weighted by Crippen LogP contribution is 2.46. The van der Waals surface area contributed by atoms with Crippen LogP contribution >= 0.6 is 23.1 Å². The summed E-state index contributed by atoms with van der Waals surface area (Å²) < 4.78 is 11.4. The quantitative estimate of drug-likeness (QED) is 0.419. The first-order valence-electron chi connectivity index (χ1n) is 11.7. The van der Waals surface area contributed by atoms with Gasteiger partial charge < -0.3 is 14.8 Å². The van der Waals surface area contributed by atoms with Crippen molar-refractivity contribution in [3.05, 3.63) is 74.8 Å². The van der Waals surface area contributed by atoms with Crippen molar-refractivity contribution in [2.75, 3.05) is 19.5 Å². The van der Waals surface area contributed by atoms with Crippen molar-refractivity contribution in [2.45, 2.75) is 55.4 Å². The van der Waals surface area contributed by atoms with E-state index in [1.807, 2.05) is 31.4 Å². The summed E-state index contributed by atoms with van der Waals surface area (Å²) in [6.45, 7) is 2.87. The van der Waals surface area contributed by atoms with Gasteiger partial charge in [-0.15, -0.1) is 23.1 Å². The van der Waals surface area contributed by atoms with Crippen LogP contribution < -0.4 is 5.32 Å². The van der Waals surface area contributed by atoms with Crippen LogP contribution in [-0.4, -0.2) is 37.3 Å². The van der Waals surface area contributed by atoms with Gasteiger partial charge in [-0.25, -0.2) is 4.79 Å². The molecule has 3 atom stereocenters. The Bertz CT molecular complexity index is 1130. The van der Waals surface area contributed by atoms with E-state index >= 15 is 0 Å². The predicted octanol–water partition coefficient (Wildman–Crippen LogP) is 5.55. The number of benzene rings is 1. The fraction of sp³-hybridized carbons (Fsp3) is 0.407. The molecule has 0 saturated carbocycles. The first kappa shape index (κ1) is 23.4. The van der Waals surface area contributed by atoms with E-state index in [-0.39, 0.29) is 30.4 Å². The van der Waals surface area contributed by atoms with Crippen molar-refractivity contribution in [1.29, 1.82) is 0 Å². The van der Waals surface area contributed by atoms with Gasteiger partial charge in [0.05, 0.1) is 11.7 Å². The van der Waals surface area contributed by atoms with E-state index < -0.39 is 5.92 Å². The Balaban J connectivity index is 1.50. The van der Waals surface area contributed by atoms with Gasteiger partial charge >= 0.3 is 5.97 Å². The summed E-state index contributed by atoms with van der Waals surface area (Å²) >= 11 is 3.36. The Labute approximate surface area is 208 Å². The molecule has 7 heteroatoms. The van der Waals surface area contributed by atoms with Gasteiger partial charge in [-0.05, 0) is 61.6 Å². The molecule has 1 aliphatic carbocycles. The third-order valence-electron chi connectivity index (χ3n) is 6.87. The molecule has 1 fully saturated rings. The van der Waals surface area contributed by atoms with Gasteiger partial charge in [-0.2, -0.15) is 0 Å². The zero-order chi connectivity index (χ0) is 23.7. The number of nitrogens with one attached hydrogen (secondary N) is 1. The molecular weight excluding hydrogens is 466 g/mol. The van der Waals surface area contributed by atoms with Crippen LogP contribution in [-0.2, 0) is 19.1 Å². The number of Topliss-reactive ketones (excluding diaryl/α,β-unsaturated/α-hetero) is 1. The third-order valence-corrected chi connectivity index (χ3v) is 8.64. The van der Waals surface area contributed by atoms with Gasteiger partial charge in [0.25, 0.3) is 0 Å². The van der Waals surface area contributed by atoms with E-state index in [1.54, 1.807) is 23.1 Å². The van der Waals surface area contributed by atoms with Crippen molar-refractivity contribution in [2.24, 2.45) is 0 Å². The zero-order valence-corrected chi connectivity index (χ0v) is 21.1. The SMILES string of the molecule is CSc1ccc(C2C(C(=O)OCC3CCCO3)=C(C)NC3=C2C(=O)CC(c2cccs2)C3)cc1. The molecule has 1 saturated heterocycles. The molecule has 0 radical (unpaired) electrons. The van der Waals surface area contributed by atoms with Crippen molar-refractivity contribution in [3.8, 4) is 0 Å². The van der Waals surface area contributed by atoms with Crippen molar-refractivity contribution < 1.29 is 19.1 Å². The lowest BCUT2D eigenvalue weighted by Crippen LogP contribution is -2.36. The van der Waals surface area contributed by atoms with E-state index in [4.69, 9.17) is 9.47 Å². The first-order valence-corrected chi connectivity index (χ1v) is 13.9. The average molecular weight is 496 g/mol. The lowest BCUT2D eigenvalue weighted by atomic mass is 9.72. The van der Waals surface area contributed by atoms with Gasteiger partial charge in [0.2, 0.25) is 0 Å². The smallest absolute Gasteiger partial charge is 0.336 e. The topological polar surface area (TPSA) is 64.6 Å². The number of ether oxygens (including phenoxy) is 2. The minimum Gasteiger partial charge on any atom is -0.459 e. The number of carbonyl (C=O) groups is 2. The van der Waals surface area contributed by atoms with Gasteiger partial charge in [-0.1, -0.05) is 18.2 Å². The maximum atomic E-state index is 13.6. The van der Waals surface area contributed by atoms with Crippen LogP contribution in [0.1, 0.15) is 54.9 Å². The second-order valence-corrected chi connectivity index (χ2v) is 10.9. The Kier molecular flexibility index (Phi) is 6.95. The van der Waals surface area contributed by atoms with Crippen LogP contribution in [0.3, 0.4) is 0 Å². The Morgan fingerprint density at radius 1 is 1.24 bits per heavy atom. The number of thiophene rings is 1.